The van der Waals surface area contributed by atoms with Crippen LogP contribution in [0.25, 0.3) is 0 Å². The molecule has 1 aliphatic rings. The number of carbonyl (C=O) groups excluding carboxylic acids is 1. The van der Waals surface area contributed by atoms with Gasteiger partial charge in [0, 0.05) is 26.3 Å². The van der Waals surface area contributed by atoms with Gasteiger partial charge in [0.05, 0.1) is 23.7 Å². The lowest BCUT2D eigenvalue weighted by molar-refractivity contribution is 0.0219. The van der Waals surface area contributed by atoms with Crippen molar-refractivity contribution in [3.8, 4) is 5.75 Å². The Morgan fingerprint density at radius 3 is 2.16 bits per heavy atom. The fourth-order valence-corrected chi connectivity index (χ4v) is 6.41. The fourth-order valence-electron chi connectivity index (χ4n) is 3.59. The number of carbonyl (C=O) groups is 1. The van der Waals surface area contributed by atoms with Gasteiger partial charge in [-0.3, -0.25) is 0 Å². The number of hydrogen-bond acceptors (Lipinski definition) is 6. The van der Waals surface area contributed by atoms with Crippen LogP contribution < -0.4 is 19.1 Å². The molecule has 2 aromatic rings. The number of rotatable bonds is 9. The maximum absolute atomic E-state index is 15.1. The monoisotopic (exact) mass is 569 g/mol. The zero-order valence-electron chi connectivity index (χ0n) is 23.3. The van der Waals surface area contributed by atoms with Gasteiger partial charge in [-0.15, -0.1) is 0 Å². The van der Waals surface area contributed by atoms with E-state index in [4.69, 9.17) is 9.47 Å². The molecule has 0 aliphatic carbocycles. The van der Waals surface area contributed by atoms with Crippen LogP contribution in [-0.2, 0) is 19.7 Å². The third-order valence-electron chi connectivity index (χ3n) is 5.28. The standard InChI is InChI=1S/C22H31FN2O4SSi.C4H9NO2/c1-22(2,3)25-21-10-8-7-9-20(21)24(30(25,26)27)19-12-11-17(15-18(19)23)29-16-28-13-14-31(4,5)6;1-2-3-7-4(5)6/h7-12,15H,13-14,16H2,1-6H3;2-3H2,1H3,(H2,5,6). The van der Waals surface area contributed by atoms with Crippen molar-refractivity contribution in [3.63, 3.8) is 0 Å². The third-order valence-corrected chi connectivity index (χ3v) is 9.05. The van der Waals surface area contributed by atoms with Crippen LogP contribution in [0.1, 0.15) is 34.1 Å². The van der Waals surface area contributed by atoms with Crippen molar-refractivity contribution in [2.75, 3.05) is 28.6 Å². The molecule has 0 spiro atoms. The summed E-state index contributed by atoms with van der Waals surface area (Å²) in [6.45, 7) is 15.1. The maximum Gasteiger partial charge on any atom is 0.404 e. The molecular weight excluding hydrogens is 529 g/mol. The number of primary amides is 1. The molecule has 0 radical (unpaired) electrons. The predicted octanol–water partition coefficient (Wildman–Crippen LogP) is 6.01. The van der Waals surface area contributed by atoms with Crippen LogP contribution in [0.3, 0.4) is 0 Å². The predicted molar refractivity (Wildman–Crippen MR) is 152 cm³/mol. The molecule has 3 rings (SSSR count). The summed E-state index contributed by atoms with van der Waals surface area (Å²) in [5.41, 5.74) is 4.79. The summed E-state index contributed by atoms with van der Waals surface area (Å²) >= 11 is 0. The first-order valence-electron chi connectivity index (χ1n) is 12.5. The highest BCUT2D eigenvalue weighted by molar-refractivity contribution is 7.95. The highest BCUT2D eigenvalue weighted by Crippen LogP contribution is 2.48. The molecule has 212 valence electrons. The molecule has 0 aromatic heterocycles. The van der Waals surface area contributed by atoms with E-state index in [1.54, 1.807) is 51.1 Å². The molecule has 9 nitrogen and oxygen atoms in total. The summed E-state index contributed by atoms with van der Waals surface area (Å²) in [5, 5.41) is 0. The molecule has 0 saturated heterocycles. The second-order valence-corrected chi connectivity index (χ2v) is 18.2. The number of hydrogen-bond donors (Lipinski definition) is 1. The van der Waals surface area contributed by atoms with E-state index >= 15 is 4.39 Å². The largest absolute Gasteiger partial charge is 0.467 e. The number of nitrogens with two attached hydrogens (primary N) is 1. The number of amides is 1. The van der Waals surface area contributed by atoms with Gasteiger partial charge in [0.2, 0.25) is 0 Å². The van der Waals surface area contributed by atoms with Crippen LogP contribution in [0.15, 0.2) is 42.5 Å². The average Bonchev–Trinajstić information content (AvgIpc) is 3.03. The van der Waals surface area contributed by atoms with Gasteiger partial charge in [0.15, 0.2) is 12.6 Å². The van der Waals surface area contributed by atoms with E-state index in [2.05, 4.69) is 30.1 Å². The second kappa shape index (κ2) is 12.8. The van der Waals surface area contributed by atoms with Gasteiger partial charge in [-0.1, -0.05) is 38.7 Å². The van der Waals surface area contributed by atoms with Crippen molar-refractivity contribution in [2.45, 2.75) is 65.3 Å². The van der Waals surface area contributed by atoms with Crippen molar-refractivity contribution >= 4 is 41.4 Å². The Labute approximate surface area is 226 Å². The molecule has 0 atom stereocenters. The SMILES string of the molecule is CC(C)(C)N1c2ccccc2N(c2ccc(OCOCC[Si](C)(C)C)cc2F)S1(=O)=O.CCCOC(N)=O. The van der Waals surface area contributed by atoms with Gasteiger partial charge >= 0.3 is 16.3 Å². The Morgan fingerprint density at radius 2 is 1.66 bits per heavy atom. The van der Waals surface area contributed by atoms with E-state index in [1.165, 1.54) is 16.4 Å². The molecule has 0 unspecified atom stereocenters. The topological polar surface area (TPSA) is 111 Å². The van der Waals surface area contributed by atoms with Crippen molar-refractivity contribution < 1.29 is 31.8 Å². The lowest BCUT2D eigenvalue weighted by Crippen LogP contribution is -2.47. The molecule has 1 heterocycles. The second-order valence-electron chi connectivity index (χ2n) is 11.0. The Kier molecular flexibility index (Phi) is 10.6. The Bertz CT molecular complexity index is 1200. The number of fused-ring (bicyclic) bond motifs is 1. The van der Waals surface area contributed by atoms with E-state index in [-0.39, 0.29) is 18.2 Å². The van der Waals surface area contributed by atoms with Crippen LogP contribution in [0.4, 0.5) is 26.2 Å². The molecule has 2 N–H and O–H groups in total. The van der Waals surface area contributed by atoms with Crippen molar-refractivity contribution in [2.24, 2.45) is 5.73 Å². The molecule has 38 heavy (non-hydrogen) atoms. The fraction of sp³-hybridized carbons (Fsp3) is 0.500. The molecule has 0 bridgehead atoms. The van der Waals surface area contributed by atoms with Gasteiger partial charge < -0.3 is 19.9 Å². The minimum atomic E-state index is -4.01. The third kappa shape index (κ3) is 8.33. The molecule has 0 fully saturated rings. The number of ether oxygens (including phenoxy) is 3. The normalized spacial score (nSPS) is 14.4. The van der Waals surface area contributed by atoms with E-state index in [1.807, 2.05) is 6.92 Å². The smallest absolute Gasteiger partial charge is 0.404 e. The molecule has 1 aliphatic heterocycles. The Hall–Kier alpha value is -2.83. The van der Waals surface area contributed by atoms with Crippen LogP contribution >= 0.6 is 0 Å². The van der Waals surface area contributed by atoms with Gasteiger partial charge in [-0.25, -0.2) is 17.8 Å². The minimum Gasteiger partial charge on any atom is -0.467 e. The van der Waals surface area contributed by atoms with E-state index in [9.17, 15) is 13.2 Å². The summed E-state index contributed by atoms with van der Waals surface area (Å²) < 4.78 is 59.5. The molecule has 1 amide bonds. The Balaban J connectivity index is 0.000000638. The first kappa shape index (κ1) is 31.4. The zero-order chi connectivity index (χ0) is 28.7. The van der Waals surface area contributed by atoms with Crippen LogP contribution in [-0.4, -0.2) is 48.1 Å². The van der Waals surface area contributed by atoms with Crippen LogP contribution in [0.2, 0.25) is 25.7 Å². The first-order valence-corrected chi connectivity index (χ1v) is 17.6. The van der Waals surface area contributed by atoms with Crippen molar-refractivity contribution in [1.29, 1.82) is 0 Å². The minimum absolute atomic E-state index is 0.0198. The molecule has 0 saturated carbocycles. The molecular formula is C26H40FN3O6SSi. The number of anilines is 3. The van der Waals surface area contributed by atoms with Crippen LogP contribution in [0, 0.1) is 5.82 Å². The van der Waals surface area contributed by atoms with E-state index in [0.29, 0.717) is 24.6 Å². The lowest BCUT2D eigenvalue weighted by Gasteiger charge is -2.33. The van der Waals surface area contributed by atoms with Gasteiger partial charge in [0.1, 0.15) is 5.75 Å². The number of benzene rings is 2. The molecule has 2 aromatic carbocycles. The average molecular weight is 570 g/mol. The van der Waals surface area contributed by atoms with E-state index in [0.717, 1.165) is 16.8 Å². The maximum atomic E-state index is 15.1. The zero-order valence-corrected chi connectivity index (χ0v) is 25.1. The quantitative estimate of drug-likeness (QED) is 0.225. The number of para-hydroxylation sites is 2. The van der Waals surface area contributed by atoms with Crippen molar-refractivity contribution in [3.05, 3.63) is 48.3 Å². The van der Waals surface area contributed by atoms with Crippen molar-refractivity contribution in [1.82, 2.24) is 0 Å². The summed E-state index contributed by atoms with van der Waals surface area (Å²) in [6.07, 6.45) is 0.130. The van der Waals surface area contributed by atoms with E-state index < -0.39 is 35.7 Å². The summed E-state index contributed by atoms with van der Waals surface area (Å²) in [4.78, 5) is 9.76. The summed E-state index contributed by atoms with van der Waals surface area (Å²) in [7, 11) is -5.19. The van der Waals surface area contributed by atoms with Gasteiger partial charge in [-0.2, -0.15) is 8.42 Å². The van der Waals surface area contributed by atoms with Gasteiger partial charge in [0.25, 0.3) is 0 Å². The van der Waals surface area contributed by atoms with Crippen LogP contribution in [0.5, 0.6) is 5.75 Å². The highest BCUT2D eigenvalue weighted by atomic mass is 32.2. The number of halogens is 1. The number of nitrogens with zero attached hydrogens (tertiary/aromatic N) is 2. The molecule has 12 heteroatoms. The first-order chi connectivity index (χ1) is 17.6. The Morgan fingerprint density at radius 1 is 1.03 bits per heavy atom. The van der Waals surface area contributed by atoms with Gasteiger partial charge in [-0.05, 0) is 57.5 Å². The summed E-state index contributed by atoms with van der Waals surface area (Å²) in [6, 6.07) is 12.1. The highest BCUT2D eigenvalue weighted by Gasteiger charge is 2.47. The summed E-state index contributed by atoms with van der Waals surface area (Å²) in [5.74, 6) is -0.402. The lowest BCUT2D eigenvalue weighted by atomic mass is 10.1.